The second-order valence-corrected chi connectivity index (χ2v) is 6.80. The molecule has 0 unspecified atom stereocenters. The number of halogens is 2. The molecule has 0 aliphatic heterocycles. The molecule has 122 valence electrons. The van der Waals surface area contributed by atoms with E-state index in [0.29, 0.717) is 21.3 Å². The van der Waals surface area contributed by atoms with Gasteiger partial charge in [0.05, 0.1) is 16.7 Å². The SMILES string of the molecule is O=C(COc1ccc(Cl)cc1Br)Nc1ccnn1C1CCCC1. The van der Waals surface area contributed by atoms with Gasteiger partial charge in [0.25, 0.3) is 5.91 Å². The predicted octanol–water partition coefficient (Wildman–Crippen LogP) is 4.43. The van der Waals surface area contributed by atoms with Crippen LogP contribution < -0.4 is 10.1 Å². The second-order valence-electron chi connectivity index (χ2n) is 5.51. The average Bonchev–Trinajstić information content (AvgIpc) is 3.17. The minimum atomic E-state index is -0.216. The van der Waals surface area contributed by atoms with E-state index in [-0.39, 0.29) is 12.5 Å². The number of aromatic nitrogens is 2. The van der Waals surface area contributed by atoms with Crippen LogP contribution in [0.2, 0.25) is 5.02 Å². The first kappa shape index (κ1) is 16.3. The molecule has 1 amide bonds. The molecule has 1 aliphatic rings. The summed E-state index contributed by atoms with van der Waals surface area (Å²) in [6.07, 6.45) is 6.36. The Hall–Kier alpha value is -1.53. The Morgan fingerprint density at radius 1 is 1.39 bits per heavy atom. The van der Waals surface area contributed by atoms with Crippen LogP contribution in [0.3, 0.4) is 0 Å². The topological polar surface area (TPSA) is 56.1 Å². The molecule has 7 heteroatoms. The van der Waals surface area contributed by atoms with Crippen LogP contribution >= 0.6 is 27.5 Å². The van der Waals surface area contributed by atoms with Crippen LogP contribution in [-0.4, -0.2) is 22.3 Å². The second kappa shape index (κ2) is 7.36. The lowest BCUT2D eigenvalue weighted by atomic mass is 10.2. The van der Waals surface area contributed by atoms with Crippen LogP contribution in [0.4, 0.5) is 5.82 Å². The van der Waals surface area contributed by atoms with Gasteiger partial charge in [-0.3, -0.25) is 4.79 Å². The van der Waals surface area contributed by atoms with Crippen LogP contribution in [0.1, 0.15) is 31.7 Å². The zero-order valence-corrected chi connectivity index (χ0v) is 14.8. The summed E-state index contributed by atoms with van der Waals surface area (Å²) in [5.74, 6) is 1.08. The van der Waals surface area contributed by atoms with Gasteiger partial charge < -0.3 is 10.1 Å². The largest absolute Gasteiger partial charge is 0.483 e. The van der Waals surface area contributed by atoms with E-state index in [1.54, 1.807) is 24.4 Å². The molecule has 1 heterocycles. The van der Waals surface area contributed by atoms with Crippen LogP contribution in [-0.2, 0) is 4.79 Å². The van der Waals surface area contributed by atoms with Crippen molar-refractivity contribution in [3.63, 3.8) is 0 Å². The molecule has 0 spiro atoms. The van der Waals surface area contributed by atoms with Gasteiger partial charge in [0.15, 0.2) is 6.61 Å². The monoisotopic (exact) mass is 397 g/mol. The molecule has 5 nitrogen and oxygen atoms in total. The Labute approximate surface area is 148 Å². The van der Waals surface area contributed by atoms with Gasteiger partial charge in [-0.1, -0.05) is 24.4 Å². The standard InChI is InChI=1S/C16H17BrClN3O2/c17-13-9-11(18)5-6-14(13)23-10-16(22)20-15-7-8-19-21(15)12-3-1-2-4-12/h5-9,12H,1-4,10H2,(H,20,22). The Morgan fingerprint density at radius 2 is 2.17 bits per heavy atom. The maximum absolute atomic E-state index is 12.1. The first-order valence-corrected chi connectivity index (χ1v) is 8.72. The van der Waals surface area contributed by atoms with Gasteiger partial charge in [-0.25, -0.2) is 4.68 Å². The molecule has 0 saturated heterocycles. The number of nitrogens with zero attached hydrogens (tertiary/aromatic N) is 2. The molecule has 3 rings (SSSR count). The molecule has 1 saturated carbocycles. The van der Waals surface area contributed by atoms with Gasteiger partial charge in [-0.2, -0.15) is 5.10 Å². The highest BCUT2D eigenvalue weighted by atomic mass is 79.9. The Balaban J connectivity index is 1.58. The van der Waals surface area contributed by atoms with Crippen molar-refractivity contribution in [1.82, 2.24) is 9.78 Å². The van der Waals surface area contributed by atoms with Crippen LogP contribution in [0.5, 0.6) is 5.75 Å². The quantitative estimate of drug-likeness (QED) is 0.810. The third kappa shape index (κ3) is 4.06. The summed E-state index contributed by atoms with van der Waals surface area (Å²) in [5, 5.41) is 7.80. The van der Waals surface area contributed by atoms with Crippen LogP contribution in [0.25, 0.3) is 0 Å². The van der Waals surface area contributed by atoms with Crippen LogP contribution in [0, 0.1) is 0 Å². The predicted molar refractivity (Wildman–Crippen MR) is 93.0 cm³/mol. The van der Waals surface area contributed by atoms with Crippen molar-refractivity contribution >= 4 is 39.3 Å². The number of hydrogen-bond donors (Lipinski definition) is 1. The highest BCUT2D eigenvalue weighted by Gasteiger charge is 2.20. The van der Waals surface area contributed by atoms with E-state index in [9.17, 15) is 4.79 Å². The van der Waals surface area contributed by atoms with Gasteiger partial charge in [0, 0.05) is 11.1 Å². The first-order valence-electron chi connectivity index (χ1n) is 7.54. The lowest BCUT2D eigenvalue weighted by Crippen LogP contribution is -2.23. The number of carbonyl (C=O) groups excluding carboxylic acids is 1. The van der Waals surface area contributed by atoms with E-state index in [1.165, 1.54) is 12.8 Å². The number of amides is 1. The summed E-state index contributed by atoms with van der Waals surface area (Å²) in [7, 11) is 0. The fourth-order valence-electron chi connectivity index (χ4n) is 2.77. The van der Waals surface area contributed by atoms with Gasteiger partial charge in [-0.05, 0) is 47.0 Å². The Bertz CT molecular complexity index is 698. The van der Waals surface area contributed by atoms with Gasteiger partial charge in [-0.15, -0.1) is 0 Å². The smallest absolute Gasteiger partial charge is 0.263 e. The van der Waals surface area contributed by atoms with Crippen molar-refractivity contribution in [3.8, 4) is 5.75 Å². The third-order valence-electron chi connectivity index (χ3n) is 3.86. The Kier molecular flexibility index (Phi) is 5.23. The highest BCUT2D eigenvalue weighted by molar-refractivity contribution is 9.10. The molecular weight excluding hydrogens is 382 g/mol. The fourth-order valence-corrected chi connectivity index (χ4v) is 3.56. The maximum atomic E-state index is 12.1. The number of benzene rings is 1. The molecule has 1 aliphatic carbocycles. The lowest BCUT2D eigenvalue weighted by molar-refractivity contribution is -0.118. The number of rotatable bonds is 5. The number of carbonyl (C=O) groups is 1. The molecule has 0 bridgehead atoms. The zero-order chi connectivity index (χ0) is 16.2. The van der Waals surface area contributed by atoms with Crippen molar-refractivity contribution in [2.45, 2.75) is 31.7 Å². The van der Waals surface area contributed by atoms with Gasteiger partial charge in [0.1, 0.15) is 11.6 Å². The fraction of sp³-hybridized carbons (Fsp3) is 0.375. The minimum absolute atomic E-state index is 0.0733. The van der Waals surface area contributed by atoms with E-state index >= 15 is 0 Å². The lowest BCUT2D eigenvalue weighted by Gasteiger charge is -2.15. The molecular formula is C16H17BrClN3O2. The maximum Gasteiger partial charge on any atom is 0.263 e. The van der Waals surface area contributed by atoms with E-state index < -0.39 is 0 Å². The summed E-state index contributed by atoms with van der Waals surface area (Å²) >= 11 is 9.24. The van der Waals surface area contributed by atoms with Crippen molar-refractivity contribution in [2.24, 2.45) is 0 Å². The van der Waals surface area contributed by atoms with Crippen molar-refractivity contribution in [3.05, 3.63) is 40.0 Å². The summed E-state index contributed by atoms with van der Waals surface area (Å²) in [4.78, 5) is 12.1. The summed E-state index contributed by atoms with van der Waals surface area (Å²) < 4.78 is 8.14. The van der Waals surface area contributed by atoms with Crippen LogP contribution in [0.15, 0.2) is 34.9 Å². The molecule has 1 fully saturated rings. The molecule has 0 radical (unpaired) electrons. The third-order valence-corrected chi connectivity index (χ3v) is 4.72. The molecule has 23 heavy (non-hydrogen) atoms. The molecule has 0 atom stereocenters. The van der Waals surface area contributed by atoms with E-state index in [2.05, 4.69) is 26.3 Å². The van der Waals surface area contributed by atoms with E-state index in [1.807, 2.05) is 10.7 Å². The number of ether oxygens (including phenoxy) is 1. The molecule has 1 aromatic carbocycles. The van der Waals surface area contributed by atoms with Crippen molar-refractivity contribution < 1.29 is 9.53 Å². The summed E-state index contributed by atoms with van der Waals surface area (Å²) in [6.45, 7) is -0.0733. The van der Waals surface area contributed by atoms with Gasteiger partial charge >= 0.3 is 0 Å². The van der Waals surface area contributed by atoms with E-state index in [4.69, 9.17) is 16.3 Å². The molecule has 2 aromatic rings. The first-order chi connectivity index (χ1) is 11.1. The molecule has 1 aromatic heterocycles. The highest BCUT2D eigenvalue weighted by Crippen LogP contribution is 2.31. The number of anilines is 1. The summed E-state index contributed by atoms with van der Waals surface area (Å²) in [5.41, 5.74) is 0. The minimum Gasteiger partial charge on any atom is -0.483 e. The number of nitrogens with one attached hydrogen (secondary N) is 1. The number of hydrogen-bond acceptors (Lipinski definition) is 3. The van der Waals surface area contributed by atoms with Crippen molar-refractivity contribution in [2.75, 3.05) is 11.9 Å². The summed E-state index contributed by atoms with van der Waals surface area (Å²) in [6, 6.07) is 7.36. The van der Waals surface area contributed by atoms with E-state index in [0.717, 1.165) is 18.7 Å². The van der Waals surface area contributed by atoms with Crippen molar-refractivity contribution in [1.29, 1.82) is 0 Å². The normalized spacial score (nSPS) is 14.9. The van der Waals surface area contributed by atoms with Gasteiger partial charge in [0.2, 0.25) is 0 Å². The average molecular weight is 399 g/mol. The molecule has 1 N–H and O–H groups in total. The Morgan fingerprint density at radius 3 is 2.91 bits per heavy atom. The zero-order valence-electron chi connectivity index (χ0n) is 12.5.